The highest BCUT2D eigenvalue weighted by Gasteiger charge is 2.14. The Kier molecular flexibility index (Phi) is 10.6. The lowest BCUT2D eigenvalue weighted by atomic mass is 10.1. The van der Waals surface area contributed by atoms with Crippen molar-refractivity contribution >= 4 is 56.3 Å². The molecule has 6 aromatic heterocycles. The number of pyridine rings is 2. The van der Waals surface area contributed by atoms with Crippen LogP contribution in [0.2, 0.25) is 0 Å². The molecule has 6 heterocycles. The molecule has 0 spiro atoms. The lowest BCUT2D eigenvalue weighted by molar-refractivity contribution is 0.0690. The number of hydrogen-bond acceptors (Lipinski definition) is 13. The molecule has 0 radical (unpaired) electrons. The van der Waals surface area contributed by atoms with Crippen LogP contribution in [0.3, 0.4) is 0 Å². The van der Waals surface area contributed by atoms with Gasteiger partial charge in [0.05, 0.1) is 36.5 Å². The summed E-state index contributed by atoms with van der Waals surface area (Å²) >= 11 is 0. The summed E-state index contributed by atoms with van der Waals surface area (Å²) in [6.45, 7) is 0.895. The van der Waals surface area contributed by atoms with Crippen LogP contribution in [0.1, 0.15) is 39.5 Å². The van der Waals surface area contributed by atoms with Gasteiger partial charge in [0.15, 0.2) is 17.0 Å². The molecule has 17 heteroatoms. The van der Waals surface area contributed by atoms with Gasteiger partial charge in [-0.3, -0.25) is 14.8 Å². The highest BCUT2D eigenvalue weighted by molar-refractivity contribution is 5.93. The zero-order valence-corrected chi connectivity index (χ0v) is 26.2. The fourth-order valence-corrected chi connectivity index (χ4v) is 4.86. The maximum Gasteiger partial charge on any atom is 0.356 e. The molecule has 4 N–H and O–H groups in total. The molecule has 0 aliphatic heterocycles. The molecular formula is C33H32N14O3. The van der Waals surface area contributed by atoms with Gasteiger partial charge in [-0.25, -0.2) is 34.1 Å². The van der Waals surface area contributed by atoms with E-state index in [9.17, 15) is 9.59 Å². The summed E-state index contributed by atoms with van der Waals surface area (Å²) in [5.74, 6) is -1.43. The fourth-order valence-electron chi connectivity index (χ4n) is 4.86. The molecule has 8 rings (SSSR count). The molecule has 0 saturated heterocycles. The zero-order valence-electron chi connectivity index (χ0n) is 26.2. The summed E-state index contributed by atoms with van der Waals surface area (Å²) in [7, 11) is 3.05. The number of carbonyl (C=O) groups excluding carboxylic acids is 1. The van der Waals surface area contributed by atoms with Crippen molar-refractivity contribution in [1.29, 1.82) is 0 Å². The minimum absolute atomic E-state index is 0. The minimum atomic E-state index is -1.14. The summed E-state index contributed by atoms with van der Waals surface area (Å²) in [4.78, 5) is 47.8. The predicted octanol–water partition coefficient (Wildman–Crippen LogP) is 2.90. The molecule has 0 bridgehead atoms. The Balaban J connectivity index is 0.000000182. The van der Waals surface area contributed by atoms with Crippen LogP contribution in [-0.4, -0.2) is 91.0 Å². The molecule has 0 unspecified atom stereocenters. The van der Waals surface area contributed by atoms with Gasteiger partial charge >= 0.3 is 5.97 Å². The van der Waals surface area contributed by atoms with Crippen LogP contribution in [0, 0.1) is 0 Å². The van der Waals surface area contributed by atoms with Crippen molar-refractivity contribution in [3.05, 3.63) is 108 Å². The van der Waals surface area contributed by atoms with Gasteiger partial charge in [0, 0.05) is 30.2 Å². The van der Waals surface area contributed by atoms with E-state index < -0.39 is 5.97 Å². The van der Waals surface area contributed by atoms with Gasteiger partial charge in [-0.15, -0.1) is 10.2 Å². The molecule has 252 valence electrons. The molecule has 8 aromatic rings. The highest BCUT2D eigenvalue weighted by atomic mass is 16.4. The summed E-state index contributed by atoms with van der Waals surface area (Å²) in [6.07, 6.45) is 6.08. The molecule has 0 aliphatic carbocycles. The van der Waals surface area contributed by atoms with Crippen molar-refractivity contribution in [3.63, 3.8) is 0 Å². The number of aromatic carboxylic acids is 1. The number of carbonyl (C=O) groups is 2. The lowest BCUT2D eigenvalue weighted by Crippen LogP contribution is -2.19. The second-order valence-corrected chi connectivity index (χ2v) is 10.2. The van der Waals surface area contributed by atoms with E-state index in [1.165, 1.54) is 24.1 Å². The van der Waals surface area contributed by atoms with E-state index in [-0.39, 0.29) is 24.7 Å². The Morgan fingerprint density at radius 2 is 1.20 bits per heavy atom. The fraction of sp³-hybridized carbons (Fsp3) is 0.152. The van der Waals surface area contributed by atoms with Crippen LogP contribution in [0.15, 0.2) is 85.5 Å². The monoisotopic (exact) mass is 672 g/mol. The van der Waals surface area contributed by atoms with Crippen LogP contribution in [0.25, 0.3) is 44.4 Å². The van der Waals surface area contributed by atoms with Gasteiger partial charge in [0.2, 0.25) is 11.3 Å². The Labute approximate surface area is 284 Å². The Bertz CT molecular complexity index is 2440. The quantitative estimate of drug-likeness (QED) is 0.231. The molecule has 1 amide bonds. The molecule has 0 aliphatic rings. The number of fused-ring (bicyclic) bond motifs is 4. The van der Waals surface area contributed by atoms with Crippen LogP contribution < -0.4 is 11.1 Å². The van der Waals surface area contributed by atoms with Crippen molar-refractivity contribution in [1.82, 2.24) is 65.2 Å². The number of carboxylic acids is 1. The molecule has 2 aromatic carbocycles. The summed E-state index contributed by atoms with van der Waals surface area (Å²) < 4.78 is 3.17. The van der Waals surface area contributed by atoms with Crippen LogP contribution >= 0.6 is 0 Å². The largest absolute Gasteiger partial charge is 0.476 e. The maximum atomic E-state index is 11.7. The molecule has 0 saturated carbocycles. The first-order valence-electron chi connectivity index (χ1n) is 14.8. The van der Waals surface area contributed by atoms with Crippen molar-refractivity contribution in [3.8, 4) is 0 Å². The van der Waals surface area contributed by atoms with Gasteiger partial charge < -0.3 is 16.2 Å². The van der Waals surface area contributed by atoms with Crippen molar-refractivity contribution in [2.24, 2.45) is 5.73 Å². The van der Waals surface area contributed by atoms with Crippen LogP contribution in [-0.2, 0) is 13.1 Å². The molecule has 50 heavy (non-hydrogen) atoms. The second kappa shape index (κ2) is 15.3. The number of nitrogens with zero attached hydrogens (tertiary/aromatic N) is 12. The van der Waals surface area contributed by atoms with Crippen molar-refractivity contribution in [2.75, 3.05) is 14.1 Å². The number of rotatable bonds is 6. The number of amides is 1. The summed E-state index contributed by atoms with van der Waals surface area (Å²) in [6, 6.07) is 19.6. The number of hydrogen-bond donors (Lipinski definition) is 3. The molecule has 0 atom stereocenters. The first kappa shape index (κ1) is 34.5. The molecule has 0 fully saturated rings. The van der Waals surface area contributed by atoms with E-state index in [4.69, 9.17) is 5.11 Å². The number of aromatic nitrogens is 12. The molecule has 17 nitrogen and oxygen atoms in total. The lowest BCUT2D eigenvalue weighted by Gasteiger charge is -2.04. The van der Waals surface area contributed by atoms with Gasteiger partial charge in [0.1, 0.15) is 5.69 Å². The average molecular weight is 673 g/mol. The van der Waals surface area contributed by atoms with E-state index in [1.807, 2.05) is 60.7 Å². The summed E-state index contributed by atoms with van der Waals surface area (Å²) in [5.41, 5.74) is 10.0. The van der Waals surface area contributed by atoms with Gasteiger partial charge in [0.25, 0.3) is 5.91 Å². The number of benzene rings is 2. The summed E-state index contributed by atoms with van der Waals surface area (Å²) in [5, 5.41) is 29.6. The Hall–Kier alpha value is -6.88. The van der Waals surface area contributed by atoms with E-state index in [0.717, 1.165) is 32.9 Å². The van der Waals surface area contributed by atoms with E-state index in [0.29, 0.717) is 35.7 Å². The van der Waals surface area contributed by atoms with Crippen LogP contribution in [0.4, 0.5) is 0 Å². The SMILES string of the molecule is C.CN.CNC(=O)c1cnc2nnn(Cc3ccc4ncccc4c3)c2n1.O=C(O)c1cnc2nnn(Cc3ccc4ncccc4c3)c2n1. The maximum absolute atomic E-state index is 11.7. The van der Waals surface area contributed by atoms with E-state index in [1.54, 1.807) is 24.1 Å². The smallest absolute Gasteiger partial charge is 0.356 e. The Morgan fingerprint density at radius 1 is 0.720 bits per heavy atom. The highest BCUT2D eigenvalue weighted by Crippen LogP contribution is 2.17. The minimum Gasteiger partial charge on any atom is -0.476 e. The normalized spacial score (nSPS) is 10.5. The standard InChI is InChI=1S/C16H13N7O.C15H10N6O2.CH5N.CH4/c1-17-16(24)13-8-19-14-15(20-13)23(22-21-14)9-10-4-5-12-11(7-10)3-2-6-18-12;22-15(23)12-7-17-13-14(18-12)21(20-19-13)8-9-3-4-11-10(6-9)2-1-5-16-11;1-2;/h2-8H,9H2,1H3,(H,17,24);1-7H,8H2,(H,22,23);2H2,1H3;1H4. The van der Waals surface area contributed by atoms with Gasteiger partial charge in [-0.1, -0.05) is 42.1 Å². The van der Waals surface area contributed by atoms with Crippen LogP contribution in [0.5, 0.6) is 0 Å². The van der Waals surface area contributed by atoms with Crippen molar-refractivity contribution < 1.29 is 14.7 Å². The topological polar surface area (TPSA) is 231 Å². The Morgan fingerprint density at radius 3 is 1.68 bits per heavy atom. The number of nitrogens with one attached hydrogen (secondary N) is 1. The van der Waals surface area contributed by atoms with E-state index >= 15 is 0 Å². The number of carboxylic acid groups (broad SMARTS) is 1. The third-order valence-electron chi connectivity index (χ3n) is 7.13. The third kappa shape index (κ3) is 7.32. The first-order chi connectivity index (χ1) is 23.9. The average Bonchev–Trinajstić information content (AvgIpc) is 3.75. The van der Waals surface area contributed by atoms with Crippen molar-refractivity contribution in [2.45, 2.75) is 20.5 Å². The third-order valence-corrected chi connectivity index (χ3v) is 7.13. The van der Waals surface area contributed by atoms with E-state index in [2.05, 4.69) is 61.6 Å². The molecular weight excluding hydrogens is 640 g/mol. The van der Waals surface area contributed by atoms with Gasteiger partial charge in [-0.2, -0.15) is 0 Å². The number of nitrogens with two attached hydrogens (primary N) is 1. The first-order valence-corrected chi connectivity index (χ1v) is 14.8. The second-order valence-electron chi connectivity index (χ2n) is 10.2. The predicted molar refractivity (Wildman–Crippen MR) is 185 cm³/mol. The van der Waals surface area contributed by atoms with Gasteiger partial charge in [-0.05, 0) is 54.6 Å². The zero-order chi connectivity index (χ0) is 34.3.